The Morgan fingerprint density at radius 1 is 1.40 bits per heavy atom. The summed E-state index contributed by atoms with van der Waals surface area (Å²) < 4.78 is 38.9. The fourth-order valence-electron chi connectivity index (χ4n) is 1.50. The van der Waals surface area contributed by atoms with E-state index < -0.39 is 17.8 Å². The highest BCUT2D eigenvalue weighted by Crippen LogP contribution is 2.30. The lowest BCUT2D eigenvalue weighted by molar-refractivity contribution is -0.141. The third kappa shape index (κ3) is 2.73. The molecule has 0 spiro atoms. The van der Waals surface area contributed by atoms with Crippen molar-refractivity contribution in [2.24, 2.45) is 7.05 Å². The highest BCUT2D eigenvalue weighted by Gasteiger charge is 2.34. The molecule has 1 N–H and O–H groups in total. The molecular weight excluding hydrogens is 277 g/mol. The van der Waals surface area contributed by atoms with Crippen LogP contribution in [0.2, 0.25) is 0 Å². The van der Waals surface area contributed by atoms with E-state index in [1.807, 2.05) is 0 Å². The molecule has 106 valence electrons. The van der Waals surface area contributed by atoms with E-state index in [1.54, 1.807) is 0 Å². The fourth-order valence-corrected chi connectivity index (χ4v) is 1.50. The number of carbonyl (C=O) groups is 1. The van der Waals surface area contributed by atoms with Crippen molar-refractivity contribution in [2.75, 3.05) is 5.32 Å². The van der Waals surface area contributed by atoms with Gasteiger partial charge in [-0.25, -0.2) is 4.68 Å². The topological polar surface area (TPSA) is 85.6 Å². The molecule has 0 aliphatic heterocycles. The van der Waals surface area contributed by atoms with Crippen LogP contribution in [-0.4, -0.2) is 31.1 Å². The summed E-state index contributed by atoms with van der Waals surface area (Å²) in [7, 11) is 1.51. The van der Waals surface area contributed by atoms with Crippen LogP contribution < -0.4 is 5.32 Å². The summed E-state index contributed by atoms with van der Waals surface area (Å²) in [5.41, 5.74) is -1.17. The maximum absolute atomic E-state index is 12.5. The molecule has 0 aliphatic rings. The summed E-state index contributed by atoms with van der Waals surface area (Å²) in [5.74, 6) is -0.570. The molecule has 2 rings (SSSR count). The Hall–Kier alpha value is -2.52. The second-order valence-electron chi connectivity index (χ2n) is 3.97. The average molecular weight is 286 g/mol. The zero-order valence-corrected chi connectivity index (χ0v) is 10.4. The first-order valence-electron chi connectivity index (χ1n) is 5.36. The number of carbonyl (C=O) groups excluding carboxylic acids is 1. The predicted molar refractivity (Wildman–Crippen MR) is 60.7 cm³/mol. The molecule has 1 amide bonds. The molecule has 2 aromatic heterocycles. The van der Waals surface area contributed by atoms with Crippen molar-refractivity contribution in [1.29, 1.82) is 0 Å². The van der Waals surface area contributed by atoms with Crippen LogP contribution in [0.3, 0.4) is 0 Å². The van der Waals surface area contributed by atoms with Gasteiger partial charge in [0.1, 0.15) is 5.69 Å². The summed E-state index contributed by atoms with van der Waals surface area (Å²) in [4.78, 5) is 15.1. The minimum Gasteiger partial charge on any atom is -0.289 e. The van der Waals surface area contributed by atoms with Crippen molar-refractivity contribution in [2.45, 2.75) is 13.1 Å². The predicted octanol–water partition coefficient (Wildman–Crippen LogP) is 1.18. The van der Waals surface area contributed by atoms with E-state index >= 15 is 0 Å². The Morgan fingerprint density at radius 3 is 2.60 bits per heavy atom. The molecule has 0 bridgehead atoms. The molecule has 0 saturated carbocycles. The zero-order valence-electron chi connectivity index (χ0n) is 10.4. The molecule has 0 atom stereocenters. The number of rotatable bonds is 2. The third-order valence-corrected chi connectivity index (χ3v) is 2.45. The molecule has 0 fully saturated rings. The highest BCUT2D eigenvalue weighted by molar-refractivity contribution is 6.03. The van der Waals surface area contributed by atoms with Crippen LogP contribution in [0.4, 0.5) is 19.1 Å². The van der Waals surface area contributed by atoms with Crippen LogP contribution in [0.25, 0.3) is 0 Å². The van der Waals surface area contributed by atoms with E-state index in [4.69, 9.17) is 0 Å². The van der Waals surface area contributed by atoms with Gasteiger partial charge in [0.25, 0.3) is 5.91 Å². The fraction of sp³-hybridized carbons (Fsp3) is 0.300. The number of alkyl halides is 3. The Bertz CT molecular complexity index is 651. The zero-order chi connectivity index (χ0) is 14.9. The van der Waals surface area contributed by atoms with Crippen LogP contribution >= 0.6 is 0 Å². The number of aryl methyl sites for hydroxylation is 2. The van der Waals surface area contributed by atoms with Gasteiger partial charge in [-0.05, 0) is 29.0 Å². The largest absolute Gasteiger partial charge is 0.433 e. The summed E-state index contributed by atoms with van der Waals surface area (Å²) >= 11 is 0. The van der Waals surface area contributed by atoms with E-state index in [0.717, 1.165) is 12.3 Å². The number of nitrogens with zero attached hydrogens (tertiary/aromatic N) is 5. The Morgan fingerprint density at radius 2 is 2.10 bits per heavy atom. The van der Waals surface area contributed by atoms with Crippen molar-refractivity contribution >= 4 is 11.9 Å². The lowest BCUT2D eigenvalue weighted by Gasteiger charge is -2.10. The minimum atomic E-state index is -4.55. The molecule has 20 heavy (non-hydrogen) atoms. The number of amides is 1. The van der Waals surface area contributed by atoms with Crippen LogP contribution in [0.1, 0.15) is 21.6 Å². The van der Waals surface area contributed by atoms with Crippen molar-refractivity contribution in [3.05, 3.63) is 29.1 Å². The van der Waals surface area contributed by atoms with Crippen molar-refractivity contribution < 1.29 is 18.0 Å². The highest BCUT2D eigenvalue weighted by atomic mass is 19.4. The Labute approximate surface area is 110 Å². The second-order valence-corrected chi connectivity index (χ2v) is 3.97. The average Bonchev–Trinajstić information content (AvgIpc) is 2.73. The first-order chi connectivity index (χ1) is 9.29. The SMILES string of the molecule is Cc1cc(C(=O)Nc2nnnn2C)cnc1C(F)(F)F. The number of tetrazole rings is 1. The maximum Gasteiger partial charge on any atom is 0.433 e. The number of hydrogen-bond acceptors (Lipinski definition) is 5. The molecule has 0 aliphatic carbocycles. The van der Waals surface area contributed by atoms with Crippen LogP contribution in [-0.2, 0) is 13.2 Å². The van der Waals surface area contributed by atoms with Crippen LogP contribution in [0.15, 0.2) is 12.3 Å². The van der Waals surface area contributed by atoms with Crippen LogP contribution in [0, 0.1) is 6.92 Å². The second kappa shape index (κ2) is 4.87. The number of halogens is 3. The monoisotopic (exact) mass is 286 g/mol. The first-order valence-corrected chi connectivity index (χ1v) is 5.36. The van der Waals surface area contributed by atoms with Crippen molar-refractivity contribution in [3.8, 4) is 0 Å². The normalized spacial score (nSPS) is 11.4. The molecule has 2 aromatic rings. The first kappa shape index (κ1) is 13.9. The smallest absolute Gasteiger partial charge is 0.289 e. The molecule has 2 heterocycles. The van der Waals surface area contributed by atoms with Gasteiger partial charge >= 0.3 is 6.18 Å². The van der Waals surface area contributed by atoms with Crippen LogP contribution in [0.5, 0.6) is 0 Å². The number of pyridine rings is 1. The molecule has 0 unspecified atom stereocenters. The lowest BCUT2D eigenvalue weighted by Crippen LogP contribution is -2.17. The van der Waals surface area contributed by atoms with Crippen molar-refractivity contribution in [1.82, 2.24) is 25.2 Å². The van der Waals surface area contributed by atoms with E-state index in [-0.39, 0.29) is 17.1 Å². The molecular formula is C10H9F3N6O. The van der Waals surface area contributed by atoms with Gasteiger partial charge in [0.2, 0.25) is 5.95 Å². The van der Waals surface area contributed by atoms with E-state index in [2.05, 4.69) is 25.8 Å². The number of nitrogens with one attached hydrogen (secondary N) is 1. The molecule has 10 heteroatoms. The van der Waals surface area contributed by atoms with Gasteiger partial charge in [-0.2, -0.15) is 13.2 Å². The molecule has 0 aromatic carbocycles. The van der Waals surface area contributed by atoms with Gasteiger partial charge in [0.15, 0.2) is 0 Å². The van der Waals surface area contributed by atoms with Gasteiger partial charge in [0.05, 0.1) is 5.56 Å². The van der Waals surface area contributed by atoms with Gasteiger partial charge in [0, 0.05) is 13.2 Å². The quantitative estimate of drug-likeness (QED) is 0.896. The molecule has 0 saturated heterocycles. The third-order valence-electron chi connectivity index (χ3n) is 2.45. The maximum atomic E-state index is 12.5. The van der Waals surface area contributed by atoms with E-state index in [1.165, 1.54) is 18.7 Å². The number of aromatic nitrogens is 5. The standard InChI is InChI=1S/C10H9F3N6O/c1-5-3-6(4-14-7(5)10(11,12)13)8(20)15-9-16-17-18-19(9)2/h3-4H,1-2H3,(H,15,16,18,20). The number of hydrogen-bond donors (Lipinski definition) is 1. The van der Waals surface area contributed by atoms with E-state index in [9.17, 15) is 18.0 Å². The Balaban J connectivity index is 2.24. The number of anilines is 1. The summed E-state index contributed by atoms with van der Waals surface area (Å²) in [6, 6.07) is 1.11. The van der Waals surface area contributed by atoms with Gasteiger partial charge in [-0.15, -0.1) is 0 Å². The van der Waals surface area contributed by atoms with Gasteiger partial charge in [-0.3, -0.25) is 15.1 Å². The minimum absolute atomic E-state index is 0.0153. The summed E-state index contributed by atoms with van der Waals surface area (Å²) in [6.45, 7) is 1.23. The summed E-state index contributed by atoms with van der Waals surface area (Å²) in [6.07, 6.45) is -3.69. The molecule has 7 nitrogen and oxygen atoms in total. The van der Waals surface area contributed by atoms with Crippen molar-refractivity contribution in [3.63, 3.8) is 0 Å². The molecule has 0 radical (unpaired) electrons. The summed E-state index contributed by atoms with van der Waals surface area (Å²) in [5, 5.41) is 12.7. The lowest BCUT2D eigenvalue weighted by atomic mass is 10.1. The van der Waals surface area contributed by atoms with Gasteiger partial charge in [-0.1, -0.05) is 5.10 Å². The van der Waals surface area contributed by atoms with Gasteiger partial charge < -0.3 is 0 Å². The Kier molecular flexibility index (Phi) is 3.38. The van der Waals surface area contributed by atoms with E-state index in [0.29, 0.717) is 0 Å².